The van der Waals surface area contributed by atoms with Crippen LogP contribution < -0.4 is 10.1 Å². The quantitative estimate of drug-likeness (QED) is 0.662. The van der Waals surface area contributed by atoms with E-state index in [1.807, 2.05) is 19.1 Å². The van der Waals surface area contributed by atoms with Gasteiger partial charge in [0.15, 0.2) is 5.82 Å². The van der Waals surface area contributed by atoms with Crippen LogP contribution in [0.4, 0.5) is 18.0 Å². The molecule has 1 amide bonds. The number of halogens is 3. The number of alkyl halides is 3. The average Bonchev–Trinajstić information content (AvgIpc) is 3.09. The van der Waals surface area contributed by atoms with Gasteiger partial charge in [-0.3, -0.25) is 0 Å². The van der Waals surface area contributed by atoms with Crippen molar-refractivity contribution in [3.05, 3.63) is 59.4 Å². The van der Waals surface area contributed by atoms with Gasteiger partial charge in [-0.25, -0.2) is 14.5 Å². The molecule has 3 rings (SSSR count). The molecular weight excluding hydrogens is 389 g/mol. The van der Waals surface area contributed by atoms with Crippen molar-refractivity contribution in [2.75, 3.05) is 0 Å². The van der Waals surface area contributed by atoms with Gasteiger partial charge in [0.2, 0.25) is 0 Å². The lowest BCUT2D eigenvalue weighted by atomic mass is 10.0. The maximum Gasteiger partial charge on any atom is 0.573 e. The lowest BCUT2D eigenvalue weighted by Crippen LogP contribution is -2.20. The molecule has 0 saturated heterocycles. The molecule has 2 aromatic carbocycles. The molecule has 1 aromatic heterocycles. The summed E-state index contributed by atoms with van der Waals surface area (Å²) in [6.07, 6.45) is -4.42. The van der Waals surface area contributed by atoms with Crippen LogP contribution in [0.1, 0.15) is 16.7 Å². The van der Waals surface area contributed by atoms with E-state index in [2.05, 4.69) is 20.1 Å². The Morgan fingerprint density at radius 1 is 1.17 bits per heavy atom. The smallest absolute Gasteiger partial charge is 0.465 e. The highest BCUT2D eigenvalue weighted by atomic mass is 19.4. The molecule has 0 radical (unpaired) electrons. The molecule has 152 valence electrons. The number of hydrogen-bond acceptors (Lipinski definition) is 4. The standard InChI is InChI=1S/C19H17F3N4O3/c1-11-3-4-13(8-14(11)9-23-18(27)28)17-24-10-26(25-17)16-6-5-15(7-12(16)2)29-19(20,21)22/h3-8,10,23H,9H2,1-2H3,(H,27,28). The summed E-state index contributed by atoms with van der Waals surface area (Å²) in [5.41, 5.74) is 3.46. The van der Waals surface area contributed by atoms with Crippen molar-refractivity contribution in [1.29, 1.82) is 0 Å². The minimum Gasteiger partial charge on any atom is -0.465 e. The van der Waals surface area contributed by atoms with E-state index in [-0.39, 0.29) is 12.3 Å². The molecular formula is C19H17F3N4O3. The van der Waals surface area contributed by atoms with Crippen LogP contribution in [0, 0.1) is 13.8 Å². The number of hydrogen-bond donors (Lipinski definition) is 2. The molecule has 0 atom stereocenters. The van der Waals surface area contributed by atoms with Gasteiger partial charge in [0, 0.05) is 12.1 Å². The third-order valence-corrected chi connectivity index (χ3v) is 4.18. The van der Waals surface area contributed by atoms with Gasteiger partial charge in [-0.2, -0.15) is 0 Å². The van der Waals surface area contributed by atoms with Crippen LogP contribution in [0.2, 0.25) is 0 Å². The van der Waals surface area contributed by atoms with Gasteiger partial charge >= 0.3 is 12.5 Å². The summed E-state index contributed by atoms with van der Waals surface area (Å²) in [7, 11) is 0. The number of benzene rings is 2. The Bertz CT molecular complexity index is 1050. The van der Waals surface area contributed by atoms with Crippen molar-refractivity contribution in [2.45, 2.75) is 26.8 Å². The zero-order valence-corrected chi connectivity index (χ0v) is 15.5. The molecule has 0 fully saturated rings. The number of nitrogens with one attached hydrogen (secondary N) is 1. The van der Waals surface area contributed by atoms with E-state index >= 15 is 0 Å². The topological polar surface area (TPSA) is 89.3 Å². The van der Waals surface area contributed by atoms with E-state index in [1.165, 1.54) is 29.2 Å². The third kappa shape index (κ3) is 5.03. The minimum absolute atomic E-state index is 0.148. The fourth-order valence-corrected chi connectivity index (χ4v) is 2.77. The first-order valence-corrected chi connectivity index (χ1v) is 8.47. The summed E-state index contributed by atoms with van der Waals surface area (Å²) in [5, 5.41) is 15.5. The van der Waals surface area contributed by atoms with Crippen LogP contribution in [0.15, 0.2) is 42.7 Å². The van der Waals surface area contributed by atoms with Crippen molar-refractivity contribution in [3.8, 4) is 22.8 Å². The van der Waals surface area contributed by atoms with Gasteiger partial charge in [-0.05, 0) is 54.8 Å². The Morgan fingerprint density at radius 3 is 2.59 bits per heavy atom. The van der Waals surface area contributed by atoms with Crippen LogP contribution in [0.25, 0.3) is 17.1 Å². The molecule has 29 heavy (non-hydrogen) atoms. The first-order chi connectivity index (χ1) is 13.6. The number of carbonyl (C=O) groups is 1. The summed E-state index contributed by atoms with van der Waals surface area (Å²) in [6, 6.07) is 9.38. The highest BCUT2D eigenvalue weighted by Crippen LogP contribution is 2.27. The average molecular weight is 406 g/mol. The second-order valence-corrected chi connectivity index (χ2v) is 6.31. The molecule has 1 heterocycles. The Kier molecular flexibility index (Phi) is 5.44. The Hall–Kier alpha value is -3.56. The van der Waals surface area contributed by atoms with Gasteiger partial charge < -0.3 is 15.2 Å². The number of nitrogens with zero attached hydrogens (tertiary/aromatic N) is 3. The van der Waals surface area contributed by atoms with Crippen LogP contribution in [0.5, 0.6) is 5.75 Å². The van der Waals surface area contributed by atoms with E-state index < -0.39 is 12.5 Å². The predicted molar refractivity (Wildman–Crippen MR) is 97.8 cm³/mol. The Labute approximate surface area is 163 Å². The van der Waals surface area contributed by atoms with Crippen molar-refractivity contribution in [1.82, 2.24) is 20.1 Å². The maximum atomic E-state index is 12.4. The number of aromatic nitrogens is 3. The SMILES string of the molecule is Cc1ccc(-c2ncn(-c3ccc(OC(F)(F)F)cc3C)n2)cc1CNC(=O)O. The Morgan fingerprint density at radius 2 is 1.93 bits per heavy atom. The van der Waals surface area contributed by atoms with Crippen molar-refractivity contribution < 1.29 is 27.8 Å². The molecule has 0 aliphatic rings. The molecule has 0 saturated carbocycles. The fourth-order valence-electron chi connectivity index (χ4n) is 2.77. The highest BCUT2D eigenvalue weighted by Gasteiger charge is 2.31. The predicted octanol–water partition coefficient (Wildman–Crippen LogP) is 4.22. The minimum atomic E-state index is -4.76. The van der Waals surface area contributed by atoms with E-state index in [9.17, 15) is 18.0 Å². The van der Waals surface area contributed by atoms with Gasteiger partial charge in [0.05, 0.1) is 5.69 Å². The molecule has 3 aromatic rings. The first-order valence-electron chi connectivity index (χ1n) is 8.47. The van der Waals surface area contributed by atoms with E-state index in [4.69, 9.17) is 5.11 Å². The van der Waals surface area contributed by atoms with Crippen LogP contribution in [0.3, 0.4) is 0 Å². The number of carboxylic acid groups (broad SMARTS) is 1. The van der Waals surface area contributed by atoms with Crippen molar-refractivity contribution >= 4 is 6.09 Å². The number of rotatable bonds is 5. The van der Waals surface area contributed by atoms with E-state index in [0.717, 1.165) is 11.1 Å². The summed E-state index contributed by atoms with van der Waals surface area (Å²) >= 11 is 0. The van der Waals surface area contributed by atoms with Gasteiger partial charge in [0.25, 0.3) is 0 Å². The second-order valence-electron chi connectivity index (χ2n) is 6.31. The third-order valence-electron chi connectivity index (χ3n) is 4.18. The summed E-state index contributed by atoms with van der Waals surface area (Å²) in [5.74, 6) is 0.0878. The van der Waals surface area contributed by atoms with Crippen molar-refractivity contribution in [2.24, 2.45) is 0 Å². The molecule has 7 nitrogen and oxygen atoms in total. The first kappa shape index (κ1) is 20.2. The molecule has 0 aliphatic carbocycles. The molecule has 10 heteroatoms. The van der Waals surface area contributed by atoms with E-state index in [1.54, 1.807) is 13.0 Å². The fraction of sp³-hybridized carbons (Fsp3) is 0.211. The van der Waals surface area contributed by atoms with Gasteiger partial charge in [-0.15, -0.1) is 18.3 Å². The van der Waals surface area contributed by atoms with Gasteiger partial charge in [0.1, 0.15) is 12.1 Å². The highest BCUT2D eigenvalue weighted by molar-refractivity contribution is 5.65. The summed E-state index contributed by atoms with van der Waals surface area (Å²) < 4.78 is 42.5. The monoisotopic (exact) mass is 406 g/mol. The number of aryl methyl sites for hydroxylation is 2. The lowest BCUT2D eigenvalue weighted by molar-refractivity contribution is -0.274. The van der Waals surface area contributed by atoms with Gasteiger partial charge in [-0.1, -0.05) is 12.1 Å². The van der Waals surface area contributed by atoms with Crippen LogP contribution in [-0.2, 0) is 6.54 Å². The molecule has 0 bridgehead atoms. The van der Waals surface area contributed by atoms with E-state index in [0.29, 0.717) is 22.6 Å². The molecule has 0 unspecified atom stereocenters. The largest absolute Gasteiger partial charge is 0.573 e. The van der Waals surface area contributed by atoms with Crippen LogP contribution in [-0.4, -0.2) is 32.3 Å². The second kappa shape index (κ2) is 7.82. The zero-order valence-electron chi connectivity index (χ0n) is 15.5. The maximum absolute atomic E-state index is 12.4. The molecule has 0 spiro atoms. The summed E-state index contributed by atoms with van der Waals surface area (Å²) in [4.78, 5) is 15.0. The van der Waals surface area contributed by atoms with Crippen molar-refractivity contribution in [3.63, 3.8) is 0 Å². The van der Waals surface area contributed by atoms with Crippen LogP contribution >= 0.6 is 0 Å². The number of ether oxygens (including phenoxy) is 1. The summed E-state index contributed by atoms with van der Waals surface area (Å²) in [6.45, 7) is 3.65. The normalized spacial score (nSPS) is 11.3. The number of amides is 1. The zero-order chi connectivity index (χ0) is 21.2. The lowest BCUT2D eigenvalue weighted by Gasteiger charge is -2.11. The molecule has 0 aliphatic heterocycles. The Balaban J connectivity index is 1.86. The molecule has 2 N–H and O–H groups in total.